The van der Waals surface area contributed by atoms with Gasteiger partial charge in [-0.1, -0.05) is 42.2 Å². The number of aryl methyl sites for hydroxylation is 2. The molecule has 0 saturated heterocycles. The molecule has 0 aliphatic carbocycles. The second-order valence-electron chi connectivity index (χ2n) is 5.31. The first-order valence-electron chi connectivity index (χ1n) is 7.55. The quantitative estimate of drug-likeness (QED) is 0.882. The number of carbonyl (C=O) groups is 1. The predicted molar refractivity (Wildman–Crippen MR) is 92.1 cm³/mol. The summed E-state index contributed by atoms with van der Waals surface area (Å²) in [7, 11) is 0. The molecular formula is C20H18N2O2. The monoisotopic (exact) mass is 318 g/mol. The molecule has 2 rings (SSSR count). The van der Waals surface area contributed by atoms with Crippen LogP contribution in [0, 0.1) is 37.0 Å². The molecule has 0 fully saturated rings. The number of hydrogen-bond donors (Lipinski definition) is 1. The van der Waals surface area contributed by atoms with Crippen LogP contribution in [0.25, 0.3) is 0 Å². The standard InChI is InChI=1S/C20H18N2O2/c1-15-11-18(13-21)12-16(2)19(15)9-6-10-22-20(23)24-14-17-7-4-3-5-8-17/h3-5,7-8,11-12H,10,14H2,1-2H3,(H,22,23). The number of carbonyl (C=O) groups excluding carboxylic acids is 1. The fraction of sp³-hybridized carbons (Fsp3) is 0.200. The van der Waals surface area contributed by atoms with Gasteiger partial charge in [-0.15, -0.1) is 0 Å². The van der Waals surface area contributed by atoms with Gasteiger partial charge in [0, 0.05) is 5.56 Å². The van der Waals surface area contributed by atoms with E-state index in [9.17, 15) is 4.79 Å². The van der Waals surface area contributed by atoms with Crippen LogP contribution in [0.1, 0.15) is 27.8 Å². The summed E-state index contributed by atoms with van der Waals surface area (Å²) in [4.78, 5) is 11.6. The molecule has 1 N–H and O–H groups in total. The Bertz CT molecular complexity index is 801. The van der Waals surface area contributed by atoms with Crippen LogP contribution in [-0.4, -0.2) is 12.6 Å². The minimum absolute atomic E-state index is 0.201. The molecule has 0 radical (unpaired) electrons. The minimum atomic E-state index is -0.499. The summed E-state index contributed by atoms with van der Waals surface area (Å²) in [6.45, 7) is 4.26. The molecule has 0 spiro atoms. The van der Waals surface area contributed by atoms with Crippen molar-refractivity contribution in [3.8, 4) is 17.9 Å². The summed E-state index contributed by atoms with van der Waals surface area (Å²) < 4.78 is 5.10. The van der Waals surface area contributed by atoms with Crippen LogP contribution in [0.5, 0.6) is 0 Å². The maximum Gasteiger partial charge on any atom is 0.408 e. The summed E-state index contributed by atoms with van der Waals surface area (Å²) >= 11 is 0. The maximum atomic E-state index is 11.6. The van der Waals surface area contributed by atoms with E-state index in [0.717, 1.165) is 22.3 Å². The van der Waals surface area contributed by atoms with Gasteiger partial charge < -0.3 is 10.1 Å². The van der Waals surface area contributed by atoms with Crippen LogP contribution >= 0.6 is 0 Å². The van der Waals surface area contributed by atoms with Crippen molar-refractivity contribution in [3.05, 3.63) is 70.3 Å². The lowest BCUT2D eigenvalue weighted by Crippen LogP contribution is -2.24. The van der Waals surface area contributed by atoms with E-state index >= 15 is 0 Å². The molecule has 0 unspecified atom stereocenters. The second-order valence-corrected chi connectivity index (χ2v) is 5.31. The molecule has 4 heteroatoms. The molecule has 1 amide bonds. The van der Waals surface area contributed by atoms with E-state index in [1.54, 1.807) is 12.1 Å². The van der Waals surface area contributed by atoms with Gasteiger partial charge in [0.2, 0.25) is 0 Å². The Kier molecular flexibility index (Phi) is 6.00. The summed E-state index contributed by atoms with van der Waals surface area (Å²) in [6, 6.07) is 15.2. The normalized spacial score (nSPS) is 9.38. The number of ether oxygens (including phenoxy) is 1. The van der Waals surface area contributed by atoms with Gasteiger partial charge in [-0.3, -0.25) is 0 Å². The van der Waals surface area contributed by atoms with E-state index in [4.69, 9.17) is 10.00 Å². The van der Waals surface area contributed by atoms with Crippen LogP contribution in [0.15, 0.2) is 42.5 Å². The molecule has 2 aromatic rings. The highest BCUT2D eigenvalue weighted by atomic mass is 16.5. The van der Waals surface area contributed by atoms with Crippen molar-refractivity contribution in [2.24, 2.45) is 0 Å². The number of alkyl carbamates (subject to hydrolysis) is 1. The van der Waals surface area contributed by atoms with Crippen LogP contribution in [-0.2, 0) is 11.3 Å². The summed E-state index contributed by atoms with van der Waals surface area (Å²) in [5.41, 5.74) is 4.34. The highest BCUT2D eigenvalue weighted by Gasteiger charge is 2.03. The Labute approximate surface area is 142 Å². The molecule has 120 valence electrons. The lowest BCUT2D eigenvalue weighted by atomic mass is 10.0. The number of nitrogens with one attached hydrogen (secondary N) is 1. The van der Waals surface area contributed by atoms with E-state index in [1.165, 1.54) is 0 Å². The number of nitrogens with zero attached hydrogens (tertiary/aromatic N) is 1. The zero-order valence-electron chi connectivity index (χ0n) is 13.7. The third-order valence-electron chi connectivity index (χ3n) is 3.41. The number of nitriles is 1. The minimum Gasteiger partial charge on any atom is -0.445 e. The molecule has 0 aliphatic rings. The number of amides is 1. The zero-order chi connectivity index (χ0) is 17.4. The van der Waals surface area contributed by atoms with Crippen LogP contribution < -0.4 is 5.32 Å². The van der Waals surface area contributed by atoms with Crippen LogP contribution in [0.3, 0.4) is 0 Å². The van der Waals surface area contributed by atoms with Crippen molar-refractivity contribution < 1.29 is 9.53 Å². The molecular weight excluding hydrogens is 300 g/mol. The molecule has 4 nitrogen and oxygen atoms in total. The highest BCUT2D eigenvalue weighted by Crippen LogP contribution is 2.14. The van der Waals surface area contributed by atoms with E-state index < -0.39 is 6.09 Å². The smallest absolute Gasteiger partial charge is 0.408 e. The molecule has 0 aliphatic heterocycles. The first-order chi connectivity index (χ1) is 11.6. The van der Waals surface area contributed by atoms with E-state index in [0.29, 0.717) is 5.56 Å². The van der Waals surface area contributed by atoms with Crippen molar-refractivity contribution in [1.82, 2.24) is 5.32 Å². The van der Waals surface area contributed by atoms with Crippen molar-refractivity contribution >= 4 is 6.09 Å². The second kappa shape index (κ2) is 8.41. The summed E-state index contributed by atoms with van der Waals surface area (Å²) in [6.07, 6.45) is -0.499. The third-order valence-corrected chi connectivity index (χ3v) is 3.41. The Morgan fingerprint density at radius 3 is 2.46 bits per heavy atom. The van der Waals surface area contributed by atoms with Gasteiger partial charge in [-0.05, 0) is 42.7 Å². The van der Waals surface area contributed by atoms with Crippen molar-refractivity contribution in [2.75, 3.05) is 6.54 Å². The Hall–Kier alpha value is -3.24. The van der Waals surface area contributed by atoms with Gasteiger partial charge in [0.25, 0.3) is 0 Å². The lowest BCUT2D eigenvalue weighted by Gasteiger charge is -2.05. The van der Waals surface area contributed by atoms with Gasteiger partial charge >= 0.3 is 6.09 Å². The molecule has 0 heterocycles. The van der Waals surface area contributed by atoms with E-state index in [2.05, 4.69) is 23.2 Å². The van der Waals surface area contributed by atoms with E-state index in [1.807, 2.05) is 44.2 Å². The van der Waals surface area contributed by atoms with Crippen molar-refractivity contribution in [3.63, 3.8) is 0 Å². The zero-order valence-corrected chi connectivity index (χ0v) is 13.7. The predicted octanol–water partition coefficient (Wildman–Crippen LogP) is 3.45. The summed E-state index contributed by atoms with van der Waals surface area (Å²) in [5, 5.41) is 11.5. The Morgan fingerprint density at radius 2 is 1.83 bits per heavy atom. The van der Waals surface area contributed by atoms with Gasteiger partial charge in [0.15, 0.2) is 0 Å². The van der Waals surface area contributed by atoms with Crippen molar-refractivity contribution in [1.29, 1.82) is 5.26 Å². The van der Waals surface area contributed by atoms with E-state index in [-0.39, 0.29) is 13.2 Å². The fourth-order valence-corrected chi connectivity index (χ4v) is 2.25. The van der Waals surface area contributed by atoms with Gasteiger partial charge in [-0.2, -0.15) is 5.26 Å². The highest BCUT2D eigenvalue weighted by molar-refractivity contribution is 5.67. The molecule has 24 heavy (non-hydrogen) atoms. The maximum absolute atomic E-state index is 11.6. The average Bonchev–Trinajstić information content (AvgIpc) is 2.59. The Morgan fingerprint density at radius 1 is 1.17 bits per heavy atom. The molecule has 0 saturated carbocycles. The van der Waals surface area contributed by atoms with Crippen molar-refractivity contribution in [2.45, 2.75) is 20.5 Å². The molecule has 0 bridgehead atoms. The molecule has 2 aromatic carbocycles. The number of hydrogen-bond acceptors (Lipinski definition) is 3. The van der Waals surface area contributed by atoms with Crippen LogP contribution in [0.2, 0.25) is 0 Å². The fourth-order valence-electron chi connectivity index (χ4n) is 2.25. The lowest BCUT2D eigenvalue weighted by molar-refractivity contribution is 0.141. The summed E-state index contributed by atoms with van der Waals surface area (Å²) in [5.74, 6) is 5.94. The van der Waals surface area contributed by atoms with Gasteiger partial charge in [0.1, 0.15) is 6.61 Å². The average molecular weight is 318 g/mol. The first-order valence-corrected chi connectivity index (χ1v) is 7.55. The Balaban J connectivity index is 1.86. The van der Waals surface area contributed by atoms with Gasteiger partial charge in [-0.25, -0.2) is 4.79 Å². The topological polar surface area (TPSA) is 62.1 Å². The molecule has 0 atom stereocenters. The first kappa shape index (κ1) is 17.1. The number of benzene rings is 2. The third kappa shape index (κ3) is 4.90. The molecule has 0 aromatic heterocycles. The largest absolute Gasteiger partial charge is 0.445 e. The van der Waals surface area contributed by atoms with Crippen LogP contribution in [0.4, 0.5) is 4.79 Å². The van der Waals surface area contributed by atoms with Gasteiger partial charge in [0.05, 0.1) is 18.2 Å². The SMILES string of the molecule is Cc1cc(C#N)cc(C)c1C#CCNC(=O)OCc1ccccc1. The number of rotatable bonds is 3.